The van der Waals surface area contributed by atoms with E-state index >= 15 is 0 Å². The maximum atomic E-state index is 13.3. The van der Waals surface area contributed by atoms with Gasteiger partial charge in [-0.3, -0.25) is 9.36 Å². The van der Waals surface area contributed by atoms with Crippen LogP contribution in [0.3, 0.4) is 0 Å². The minimum Gasteiger partial charge on any atom is -0.495 e. The van der Waals surface area contributed by atoms with Crippen LogP contribution in [0.5, 0.6) is 5.75 Å². The second-order valence-corrected chi connectivity index (χ2v) is 9.80. The first kappa shape index (κ1) is 23.9. The van der Waals surface area contributed by atoms with Crippen LogP contribution in [0.1, 0.15) is 23.9 Å². The number of hydrogen-bond donors (Lipinski definition) is 1. The van der Waals surface area contributed by atoms with Crippen LogP contribution in [0, 0.1) is 6.92 Å². The monoisotopic (exact) mass is 499 g/mol. The van der Waals surface area contributed by atoms with Gasteiger partial charge in [0.05, 0.1) is 25.1 Å². The maximum Gasteiger partial charge on any atom is 0.237 e. The first-order valence-corrected chi connectivity index (χ1v) is 12.9. The van der Waals surface area contributed by atoms with Crippen LogP contribution < -0.4 is 15.0 Å². The van der Waals surface area contributed by atoms with Gasteiger partial charge >= 0.3 is 0 Å². The molecule has 3 aromatic carbocycles. The molecule has 1 aliphatic heterocycles. The molecule has 2 heterocycles. The zero-order chi connectivity index (χ0) is 25.1. The number of para-hydroxylation sites is 3. The molecule has 1 atom stereocenters. The molecular weight excluding hydrogens is 470 g/mol. The first-order chi connectivity index (χ1) is 17.5. The number of hydrogen-bond acceptors (Lipinski definition) is 6. The number of rotatable bonds is 8. The summed E-state index contributed by atoms with van der Waals surface area (Å²) in [5.41, 5.74) is 5.26. The second kappa shape index (κ2) is 10.5. The summed E-state index contributed by atoms with van der Waals surface area (Å²) in [6.07, 6.45) is 0.874. The predicted molar refractivity (Wildman–Crippen MR) is 144 cm³/mol. The Balaban J connectivity index is 1.40. The average molecular weight is 500 g/mol. The second-order valence-electron chi connectivity index (χ2n) is 8.86. The highest BCUT2D eigenvalue weighted by molar-refractivity contribution is 7.99. The Kier molecular flexibility index (Phi) is 6.95. The van der Waals surface area contributed by atoms with Gasteiger partial charge in [0.2, 0.25) is 5.91 Å². The van der Waals surface area contributed by atoms with Crippen molar-refractivity contribution in [1.82, 2.24) is 14.8 Å². The van der Waals surface area contributed by atoms with Gasteiger partial charge in [0.15, 0.2) is 11.0 Å². The number of methoxy groups -OCH3 is 1. The number of aromatic nitrogens is 3. The summed E-state index contributed by atoms with van der Waals surface area (Å²) >= 11 is 1.39. The number of amides is 1. The van der Waals surface area contributed by atoms with Gasteiger partial charge in [-0.05, 0) is 56.2 Å². The van der Waals surface area contributed by atoms with E-state index in [0.717, 1.165) is 29.3 Å². The molecule has 184 valence electrons. The average Bonchev–Trinajstić information content (AvgIpc) is 3.46. The molecule has 8 heteroatoms. The van der Waals surface area contributed by atoms with Crippen LogP contribution in [0.15, 0.2) is 78.0 Å². The maximum absolute atomic E-state index is 13.3. The van der Waals surface area contributed by atoms with E-state index in [0.29, 0.717) is 17.5 Å². The molecule has 5 rings (SSSR count). The third-order valence-electron chi connectivity index (χ3n) is 6.33. The molecule has 0 unspecified atom stereocenters. The molecule has 0 aliphatic carbocycles. The molecule has 4 aromatic rings. The van der Waals surface area contributed by atoms with E-state index < -0.39 is 0 Å². The molecule has 36 heavy (non-hydrogen) atoms. The number of carbonyl (C=O) groups excluding carboxylic acids is 1. The fourth-order valence-electron chi connectivity index (χ4n) is 4.56. The Labute approximate surface area is 215 Å². The highest BCUT2D eigenvalue weighted by atomic mass is 32.2. The lowest BCUT2D eigenvalue weighted by Crippen LogP contribution is -2.37. The summed E-state index contributed by atoms with van der Waals surface area (Å²) in [7, 11) is 1.65. The number of aryl methyl sites for hydroxylation is 1. The van der Waals surface area contributed by atoms with Crippen LogP contribution in [0.4, 0.5) is 11.4 Å². The lowest BCUT2D eigenvalue weighted by atomic mass is 10.1. The molecule has 1 amide bonds. The Morgan fingerprint density at radius 1 is 1.03 bits per heavy atom. The quantitative estimate of drug-likeness (QED) is 0.333. The highest BCUT2D eigenvalue weighted by Gasteiger charge is 2.31. The standard InChI is InChI=1S/C28H29N5O2S/c1-19-12-14-22(15-13-19)29-17-26-30-31-28(33(26)24-10-6-7-11-25(24)35-3)36-18-27(34)32-20(2)16-21-8-4-5-9-23(21)32/h4-15,20,29H,16-18H2,1-3H3/t20-/m1/s1. The van der Waals surface area contributed by atoms with Gasteiger partial charge in [-0.2, -0.15) is 0 Å². The molecule has 7 nitrogen and oxygen atoms in total. The number of nitrogens with zero attached hydrogens (tertiary/aromatic N) is 4. The molecular formula is C28H29N5O2S. The summed E-state index contributed by atoms with van der Waals surface area (Å²) in [5, 5.41) is 13.0. The molecule has 1 aliphatic rings. The van der Waals surface area contributed by atoms with Crippen molar-refractivity contribution in [2.45, 2.75) is 38.0 Å². The number of ether oxygens (including phenoxy) is 1. The van der Waals surface area contributed by atoms with Gasteiger partial charge in [0.1, 0.15) is 5.75 Å². The molecule has 1 N–H and O–H groups in total. The zero-order valence-corrected chi connectivity index (χ0v) is 21.5. The highest BCUT2D eigenvalue weighted by Crippen LogP contribution is 2.34. The number of thioether (sulfide) groups is 1. The van der Waals surface area contributed by atoms with E-state index in [1.807, 2.05) is 64.1 Å². The lowest BCUT2D eigenvalue weighted by Gasteiger charge is -2.22. The summed E-state index contributed by atoms with van der Waals surface area (Å²) in [4.78, 5) is 15.2. The SMILES string of the molecule is COc1ccccc1-n1c(CNc2ccc(C)cc2)nnc1SCC(=O)N1c2ccccc2C[C@H]1C. The molecule has 0 saturated heterocycles. The molecule has 1 aromatic heterocycles. The van der Waals surface area contributed by atoms with Gasteiger partial charge in [-0.1, -0.05) is 59.8 Å². The fraction of sp³-hybridized carbons (Fsp3) is 0.250. The molecule has 0 radical (unpaired) electrons. The number of benzene rings is 3. The lowest BCUT2D eigenvalue weighted by molar-refractivity contribution is -0.116. The fourth-order valence-corrected chi connectivity index (χ4v) is 5.38. The summed E-state index contributed by atoms with van der Waals surface area (Å²) in [6.45, 7) is 4.63. The van der Waals surface area contributed by atoms with Crippen molar-refractivity contribution < 1.29 is 9.53 Å². The van der Waals surface area contributed by atoms with Crippen molar-refractivity contribution in [1.29, 1.82) is 0 Å². The van der Waals surface area contributed by atoms with E-state index in [2.05, 4.69) is 47.6 Å². The van der Waals surface area contributed by atoms with Crippen LogP contribution in [-0.4, -0.2) is 39.6 Å². The van der Waals surface area contributed by atoms with Crippen molar-refractivity contribution in [3.63, 3.8) is 0 Å². The number of anilines is 2. The van der Waals surface area contributed by atoms with Gasteiger partial charge in [-0.25, -0.2) is 0 Å². The van der Waals surface area contributed by atoms with Crippen molar-refractivity contribution in [3.8, 4) is 11.4 Å². The van der Waals surface area contributed by atoms with Crippen LogP contribution in [0.25, 0.3) is 5.69 Å². The van der Waals surface area contributed by atoms with E-state index in [1.54, 1.807) is 7.11 Å². The van der Waals surface area contributed by atoms with E-state index in [9.17, 15) is 4.79 Å². The Hall–Kier alpha value is -3.78. The van der Waals surface area contributed by atoms with Gasteiger partial charge in [-0.15, -0.1) is 10.2 Å². The van der Waals surface area contributed by atoms with Crippen LogP contribution >= 0.6 is 11.8 Å². The minimum atomic E-state index is 0.0614. The summed E-state index contributed by atoms with van der Waals surface area (Å²) < 4.78 is 7.61. The summed E-state index contributed by atoms with van der Waals surface area (Å²) in [5.74, 6) is 1.77. The molecule has 0 fully saturated rings. The van der Waals surface area contributed by atoms with Gasteiger partial charge in [0.25, 0.3) is 0 Å². The van der Waals surface area contributed by atoms with Crippen molar-refractivity contribution >= 4 is 29.0 Å². The van der Waals surface area contributed by atoms with Crippen molar-refractivity contribution in [3.05, 3.63) is 89.7 Å². The van der Waals surface area contributed by atoms with Crippen LogP contribution in [-0.2, 0) is 17.8 Å². The van der Waals surface area contributed by atoms with Crippen LogP contribution in [0.2, 0.25) is 0 Å². The van der Waals surface area contributed by atoms with Crippen molar-refractivity contribution in [2.24, 2.45) is 0 Å². The number of nitrogens with one attached hydrogen (secondary N) is 1. The largest absolute Gasteiger partial charge is 0.495 e. The number of carbonyl (C=O) groups is 1. The first-order valence-electron chi connectivity index (χ1n) is 12.0. The van der Waals surface area contributed by atoms with E-state index in [-0.39, 0.29) is 17.7 Å². The van der Waals surface area contributed by atoms with Gasteiger partial charge < -0.3 is 15.0 Å². The zero-order valence-electron chi connectivity index (χ0n) is 20.6. The van der Waals surface area contributed by atoms with E-state index in [4.69, 9.17) is 4.74 Å². The molecule has 0 saturated carbocycles. The predicted octanol–water partition coefficient (Wildman–Crippen LogP) is 5.27. The summed E-state index contributed by atoms with van der Waals surface area (Å²) in [6, 6.07) is 24.3. The Morgan fingerprint density at radius 2 is 1.75 bits per heavy atom. The Morgan fingerprint density at radius 3 is 2.53 bits per heavy atom. The number of fused-ring (bicyclic) bond motifs is 1. The molecule has 0 bridgehead atoms. The Bertz CT molecular complexity index is 1370. The molecule has 0 spiro atoms. The van der Waals surface area contributed by atoms with Crippen molar-refractivity contribution in [2.75, 3.05) is 23.1 Å². The third kappa shape index (κ3) is 4.81. The van der Waals surface area contributed by atoms with Gasteiger partial charge in [0, 0.05) is 17.4 Å². The normalized spacial score (nSPS) is 14.5. The van der Waals surface area contributed by atoms with E-state index in [1.165, 1.54) is 22.9 Å². The smallest absolute Gasteiger partial charge is 0.237 e. The minimum absolute atomic E-state index is 0.0614. The third-order valence-corrected chi connectivity index (χ3v) is 7.24. The topological polar surface area (TPSA) is 72.3 Å².